The summed E-state index contributed by atoms with van der Waals surface area (Å²) in [5.74, 6) is 0.152. The summed E-state index contributed by atoms with van der Waals surface area (Å²) in [5.41, 5.74) is 16.1. The summed E-state index contributed by atoms with van der Waals surface area (Å²) in [6.07, 6.45) is 5.29. The molecule has 0 fully saturated rings. The third kappa shape index (κ3) is 4.98. The number of nitrogens with two attached hydrogens (primary N) is 1. The predicted molar refractivity (Wildman–Crippen MR) is 146 cm³/mol. The molecular formula is C31H37N3O2. The van der Waals surface area contributed by atoms with E-state index in [2.05, 4.69) is 59.6 Å². The van der Waals surface area contributed by atoms with Crippen molar-refractivity contribution >= 4 is 11.6 Å². The first kappa shape index (κ1) is 24.4. The molecule has 2 aliphatic rings. The minimum absolute atomic E-state index is 0.0334. The highest BCUT2D eigenvalue weighted by molar-refractivity contribution is 5.83. The first-order chi connectivity index (χ1) is 17.4. The van der Waals surface area contributed by atoms with Crippen LogP contribution in [0, 0.1) is 6.92 Å². The van der Waals surface area contributed by atoms with Gasteiger partial charge in [-0.05, 0) is 96.5 Å². The third-order valence-electron chi connectivity index (χ3n) is 7.79. The van der Waals surface area contributed by atoms with E-state index in [1.54, 1.807) is 12.1 Å². The highest BCUT2D eigenvalue weighted by Gasteiger charge is 2.32. The summed E-state index contributed by atoms with van der Waals surface area (Å²) in [6, 6.07) is 18.1. The number of hydrogen-bond donors (Lipinski definition) is 3. The van der Waals surface area contributed by atoms with Gasteiger partial charge in [0.05, 0.1) is 12.1 Å². The van der Waals surface area contributed by atoms with E-state index in [-0.39, 0.29) is 17.7 Å². The number of benzene rings is 3. The Labute approximate surface area is 214 Å². The second-order valence-electron chi connectivity index (χ2n) is 10.4. The number of amides is 1. The van der Waals surface area contributed by atoms with Gasteiger partial charge >= 0.3 is 0 Å². The molecule has 188 valence electrons. The molecule has 2 atom stereocenters. The van der Waals surface area contributed by atoms with Crippen molar-refractivity contribution in [1.29, 1.82) is 0 Å². The molecule has 0 spiro atoms. The number of phenolic OH excluding ortho intramolecular Hbond substituents is 1. The van der Waals surface area contributed by atoms with Gasteiger partial charge in [-0.3, -0.25) is 4.79 Å². The number of rotatable bonds is 7. The number of carbonyl (C=O) groups excluding carboxylic acids is 1. The Kier molecular flexibility index (Phi) is 7.01. The molecule has 2 heterocycles. The molecule has 0 saturated heterocycles. The van der Waals surface area contributed by atoms with Crippen LogP contribution in [0.5, 0.6) is 5.75 Å². The van der Waals surface area contributed by atoms with Crippen LogP contribution in [0.2, 0.25) is 0 Å². The molecular weight excluding hydrogens is 446 g/mol. The van der Waals surface area contributed by atoms with Crippen molar-refractivity contribution in [3.63, 3.8) is 0 Å². The van der Waals surface area contributed by atoms with Crippen molar-refractivity contribution in [2.24, 2.45) is 5.73 Å². The summed E-state index contributed by atoms with van der Waals surface area (Å²) >= 11 is 0. The highest BCUT2D eigenvalue weighted by Crippen LogP contribution is 2.41. The molecule has 0 aromatic heterocycles. The lowest BCUT2D eigenvalue weighted by Gasteiger charge is -2.41. The standard InChI is InChI=1S/C31H37N3O2/c1-3-23-18-25(35)14-20(2)26(23)19-28(32)31(36)33-29-11-13-34-12-7-10-24-16-22(17-27(29)30(24)34)15-21-8-5-4-6-9-21/h4-6,8-9,14,16-18,28-29,35H,3,7,10-13,15,19,32H2,1-2H3,(H,33,36)/t28-,29+/m0/s1. The number of aryl methyl sites for hydroxylation is 3. The molecule has 0 bridgehead atoms. The van der Waals surface area contributed by atoms with Crippen molar-refractivity contribution in [1.82, 2.24) is 5.32 Å². The van der Waals surface area contributed by atoms with Gasteiger partial charge in [0.1, 0.15) is 5.75 Å². The summed E-state index contributed by atoms with van der Waals surface area (Å²) < 4.78 is 0. The smallest absolute Gasteiger partial charge is 0.237 e. The Bertz CT molecular complexity index is 1250. The topological polar surface area (TPSA) is 78.6 Å². The Morgan fingerprint density at radius 3 is 2.72 bits per heavy atom. The van der Waals surface area contributed by atoms with E-state index in [1.807, 2.05) is 6.92 Å². The molecule has 1 amide bonds. The average molecular weight is 484 g/mol. The fourth-order valence-electron chi connectivity index (χ4n) is 6.02. The van der Waals surface area contributed by atoms with Crippen LogP contribution in [0.1, 0.15) is 64.8 Å². The van der Waals surface area contributed by atoms with Crippen molar-refractivity contribution in [2.75, 3.05) is 18.0 Å². The molecule has 0 unspecified atom stereocenters. The molecule has 5 rings (SSSR count). The van der Waals surface area contributed by atoms with E-state index >= 15 is 0 Å². The molecule has 2 aliphatic heterocycles. The van der Waals surface area contributed by atoms with Crippen LogP contribution in [-0.4, -0.2) is 30.1 Å². The van der Waals surface area contributed by atoms with E-state index in [4.69, 9.17) is 5.73 Å². The molecule has 0 saturated carbocycles. The van der Waals surface area contributed by atoms with Gasteiger partial charge in [-0.25, -0.2) is 0 Å². The predicted octanol–water partition coefficient (Wildman–Crippen LogP) is 4.74. The van der Waals surface area contributed by atoms with E-state index in [0.717, 1.165) is 55.5 Å². The van der Waals surface area contributed by atoms with Gasteiger partial charge in [0.2, 0.25) is 5.91 Å². The van der Waals surface area contributed by atoms with Crippen molar-refractivity contribution in [3.8, 4) is 5.75 Å². The Balaban J connectivity index is 1.38. The third-order valence-corrected chi connectivity index (χ3v) is 7.79. The minimum atomic E-state index is -0.639. The second kappa shape index (κ2) is 10.4. The SMILES string of the molecule is CCc1cc(O)cc(C)c1C[C@H](N)C(=O)N[C@@H]1CCN2CCCc3cc(Cc4ccccc4)cc1c32. The van der Waals surface area contributed by atoms with E-state index in [1.165, 1.54) is 34.4 Å². The Morgan fingerprint density at radius 2 is 1.94 bits per heavy atom. The van der Waals surface area contributed by atoms with Crippen LogP contribution >= 0.6 is 0 Å². The van der Waals surface area contributed by atoms with Crippen molar-refractivity contribution < 1.29 is 9.90 Å². The molecule has 4 N–H and O–H groups in total. The van der Waals surface area contributed by atoms with E-state index < -0.39 is 6.04 Å². The van der Waals surface area contributed by atoms with Crippen LogP contribution in [0.3, 0.4) is 0 Å². The molecule has 0 aliphatic carbocycles. The minimum Gasteiger partial charge on any atom is -0.508 e. The quantitative estimate of drug-likeness (QED) is 0.454. The van der Waals surface area contributed by atoms with Gasteiger partial charge in [0.15, 0.2) is 0 Å². The molecule has 3 aromatic carbocycles. The van der Waals surface area contributed by atoms with Gasteiger partial charge < -0.3 is 21.1 Å². The molecule has 3 aromatic rings. The first-order valence-corrected chi connectivity index (χ1v) is 13.2. The largest absolute Gasteiger partial charge is 0.508 e. The zero-order chi connectivity index (χ0) is 25.2. The number of hydrogen-bond acceptors (Lipinski definition) is 4. The van der Waals surface area contributed by atoms with Crippen LogP contribution in [0.4, 0.5) is 5.69 Å². The molecule has 36 heavy (non-hydrogen) atoms. The number of anilines is 1. The van der Waals surface area contributed by atoms with Crippen LogP contribution in [0.25, 0.3) is 0 Å². The van der Waals surface area contributed by atoms with Gasteiger partial charge in [-0.2, -0.15) is 0 Å². The van der Waals surface area contributed by atoms with Crippen LogP contribution in [-0.2, 0) is 30.5 Å². The summed E-state index contributed by atoms with van der Waals surface area (Å²) in [7, 11) is 0. The maximum atomic E-state index is 13.3. The zero-order valence-electron chi connectivity index (χ0n) is 21.4. The lowest BCUT2D eigenvalue weighted by atomic mass is 9.86. The Morgan fingerprint density at radius 1 is 1.14 bits per heavy atom. The van der Waals surface area contributed by atoms with Crippen molar-refractivity contribution in [3.05, 3.63) is 93.5 Å². The number of nitrogens with zero attached hydrogens (tertiary/aromatic N) is 1. The van der Waals surface area contributed by atoms with E-state index in [9.17, 15) is 9.90 Å². The molecule has 5 nitrogen and oxygen atoms in total. The monoisotopic (exact) mass is 483 g/mol. The lowest BCUT2D eigenvalue weighted by Crippen LogP contribution is -2.46. The van der Waals surface area contributed by atoms with Gasteiger partial charge in [0.25, 0.3) is 0 Å². The van der Waals surface area contributed by atoms with Crippen molar-refractivity contribution in [2.45, 2.75) is 64.5 Å². The fourth-order valence-corrected chi connectivity index (χ4v) is 6.02. The number of aromatic hydroxyl groups is 1. The highest BCUT2D eigenvalue weighted by atomic mass is 16.3. The normalized spacial score (nSPS) is 17.4. The number of carbonyl (C=O) groups is 1. The number of phenols is 1. The van der Waals surface area contributed by atoms with Gasteiger partial charge in [0, 0.05) is 18.8 Å². The van der Waals surface area contributed by atoms with Crippen LogP contribution < -0.4 is 16.0 Å². The fraction of sp³-hybridized carbons (Fsp3) is 0.387. The summed E-state index contributed by atoms with van der Waals surface area (Å²) in [4.78, 5) is 15.8. The second-order valence-corrected chi connectivity index (χ2v) is 10.4. The van der Waals surface area contributed by atoms with Gasteiger partial charge in [-0.15, -0.1) is 0 Å². The summed E-state index contributed by atoms with van der Waals surface area (Å²) in [5, 5.41) is 13.3. The average Bonchev–Trinajstić information content (AvgIpc) is 2.87. The maximum Gasteiger partial charge on any atom is 0.237 e. The van der Waals surface area contributed by atoms with E-state index in [0.29, 0.717) is 6.42 Å². The zero-order valence-corrected chi connectivity index (χ0v) is 21.4. The maximum absolute atomic E-state index is 13.3. The number of nitrogens with one attached hydrogen (secondary N) is 1. The van der Waals surface area contributed by atoms with Crippen LogP contribution in [0.15, 0.2) is 54.6 Å². The Hall–Kier alpha value is -3.31. The summed E-state index contributed by atoms with van der Waals surface area (Å²) in [6.45, 7) is 6.06. The molecule has 0 radical (unpaired) electrons. The van der Waals surface area contributed by atoms with Gasteiger partial charge in [-0.1, -0.05) is 49.4 Å². The lowest BCUT2D eigenvalue weighted by molar-refractivity contribution is -0.123. The molecule has 5 heteroatoms. The first-order valence-electron chi connectivity index (χ1n) is 13.2.